The first kappa shape index (κ1) is 11.4. The molecular weight excluding hydrogens is 201 g/mol. The fourth-order valence-electron chi connectivity index (χ4n) is 1.19. The predicted octanol–water partition coefficient (Wildman–Crippen LogP) is 1.09. The molecule has 0 aliphatic carbocycles. The third-order valence-corrected chi connectivity index (χ3v) is 2.18. The van der Waals surface area contributed by atoms with E-state index in [2.05, 4.69) is 4.52 Å². The molecule has 0 aromatic heterocycles. The van der Waals surface area contributed by atoms with E-state index in [9.17, 15) is 4.57 Å². The van der Waals surface area contributed by atoms with Crippen LogP contribution < -0.4 is 5.73 Å². The number of benzene rings is 1. The second kappa shape index (κ2) is 5.94. The second-order valence-corrected chi connectivity index (χ2v) is 3.73. The van der Waals surface area contributed by atoms with Gasteiger partial charge in [0.1, 0.15) is 0 Å². The van der Waals surface area contributed by atoms with Crippen LogP contribution >= 0.6 is 8.25 Å². The van der Waals surface area contributed by atoms with Gasteiger partial charge in [0.05, 0.1) is 6.61 Å². The molecule has 1 aromatic carbocycles. The van der Waals surface area contributed by atoms with Crippen LogP contribution in [-0.4, -0.2) is 11.4 Å². The zero-order valence-corrected chi connectivity index (χ0v) is 8.77. The van der Waals surface area contributed by atoms with Crippen molar-refractivity contribution in [2.45, 2.75) is 13.0 Å². The van der Waals surface area contributed by atoms with Crippen molar-refractivity contribution < 1.29 is 14.0 Å². The van der Waals surface area contributed by atoms with Crippen LogP contribution in [-0.2, 0) is 22.1 Å². The van der Waals surface area contributed by atoms with Gasteiger partial charge in [-0.05, 0) is 24.1 Å². The Morgan fingerprint density at radius 1 is 1.43 bits per heavy atom. The van der Waals surface area contributed by atoms with Crippen LogP contribution in [0.5, 0.6) is 0 Å². The fourth-order valence-corrected chi connectivity index (χ4v) is 1.48. The minimum atomic E-state index is -2.83. The Labute approximate surface area is 83.7 Å². The van der Waals surface area contributed by atoms with Gasteiger partial charge in [-0.1, -0.05) is 24.3 Å². The maximum absolute atomic E-state index is 10.3. The Balaban J connectivity index is 2.58. The van der Waals surface area contributed by atoms with Crippen molar-refractivity contribution in [3.8, 4) is 0 Å². The van der Waals surface area contributed by atoms with E-state index in [1.165, 1.54) is 0 Å². The van der Waals surface area contributed by atoms with Crippen molar-refractivity contribution in [1.82, 2.24) is 0 Å². The molecule has 0 aliphatic rings. The molecule has 0 spiro atoms. The molecule has 0 heterocycles. The highest BCUT2D eigenvalue weighted by atomic mass is 31.1. The first-order valence-corrected chi connectivity index (χ1v) is 5.62. The molecule has 0 radical (unpaired) electrons. The van der Waals surface area contributed by atoms with Crippen LogP contribution in [0.4, 0.5) is 0 Å². The third kappa shape index (κ3) is 4.03. The van der Waals surface area contributed by atoms with Crippen molar-refractivity contribution in [3.05, 3.63) is 35.4 Å². The lowest BCUT2D eigenvalue weighted by molar-refractivity contribution is 0.272. The van der Waals surface area contributed by atoms with Crippen molar-refractivity contribution >= 4 is 8.25 Å². The lowest BCUT2D eigenvalue weighted by Crippen LogP contribution is -2.02. The highest BCUT2D eigenvalue weighted by Crippen LogP contribution is 2.18. The van der Waals surface area contributed by atoms with Crippen molar-refractivity contribution in [1.29, 1.82) is 0 Å². The molecule has 0 fully saturated rings. The van der Waals surface area contributed by atoms with Gasteiger partial charge in [0.2, 0.25) is 0 Å². The van der Waals surface area contributed by atoms with Crippen LogP contribution in [0.1, 0.15) is 11.1 Å². The summed E-state index contributed by atoms with van der Waals surface area (Å²) in [5.41, 5.74) is 7.43. The van der Waals surface area contributed by atoms with E-state index < -0.39 is 8.25 Å². The van der Waals surface area contributed by atoms with Crippen LogP contribution in [0.25, 0.3) is 0 Å². The van der Waals surface area contributed by atoms with Gasteiger partial charge < -0.3 is 15.2 Å². The number of hydrogen-bond acceptors (Lipinski definition) is 3. The van der Waals surface area contributed by atoms with Crippen LogP contribution in [0, 0.1) is 0 Å². The smallest absolute Gasteiger partial charge is 0.316 e. The van der Waals surface area contributed by atoms with E-state index in [0.717, 1.165) is 17.5 Å². The summed E-state index contributed by atoms with van der Waals surface area (Å²) in [7, 11) is -2.83. The average molecular weight is 215 g/mol. The zero-order valence-electron chi connectivity index (χ0n) is 7.77. The van der Waals surface area contributed by atoms with E-state index in [-0.39, 0.29) is 6.61 Å². The Hall–Kier alpha value is -0.670. The van der Waals surface area contributed by atoms with E-state index >= 15 is 0 Å². The van der Waals surface area contributed by atoms with E-state index in [4.69, 9.17) is 10.6 Å². The molecule has 4 nitrogen and oxygen atoms in total. The highest BCUT2D eigenvalue weighted by molar-refractivity contribution is 7.32. The SMILES string of the molecule is NCCc1cccc(CO[PH](=O)O)c1. The molecule has 5 heteroatoms. The molecule has 0 aliphatic heterocycles. The van der Waals surface area contributed by atoms with E-state index in [0.29, 0.717) is 6.54 Å². The molecule has 3 N–H and O–H groups in total. The summed E-state index contributed by atoms with van der Waals surface area (Å²) < 4.78 is 15.0. The largest absolute Gasteiger partial charge is 0.330 e. The average Bonchev–Trinajstić information content (AvgIpc) is 2.16. The Morgan fingerprint density at radius 2 is 2.14 bits per heavy atom. The predicted molar refractivity (Wildman–Crippen MR) is 55.2 cm³/mol. The highest BCUT2D eigenvalue weighted by Gasteiger charge is 1.97. The topological polar surface area (TPSA) is 72.5 Å². The minimum Gasteiger partial charge on any atom is -0.330 e. The molecule has 78 valence electrons. The normalized spacial score (nSPS) is 12.7. The zero-order chi connectivity index (χ0) is 10.4. The molecule has 0 bridgehead atoms. The van der Waals surface area contributed by atoms with Gasteiger partial charge >= 0.3 is 8.25 Å². The number of rotatable bonds is 5. The lowest BCUT2D eigenvalue weighted by Gasteiger charge is -2.03. The fraction of sp³-hybridized carbons (Fsp3) is 0.333. The molecule has 0 saturated heterocycles. The molecule has 1 unspecified atom stereocenters. The van der Waals surface area contributed by atoms with Gasteiger partial charge in [-0.25, -0.2) is 0 Å². The Bertz CT molecular complexity index is 317. The molecule has 1 atom stereocenters. The Morgan fingerprint density at radius 3 is 2.79 bits per heavy atom. The Kier molecular flexibility index (Phi) is 4.84. The van der Waals surface area contributed by atoms with Crippen molar-refractivity contribution in [2.24, 2.45) is 5.73 Å². The summed E-state index contributed by atoms with van der Waals surface area (Å²) in [4.78, 5) is 8.49. The van der Waals surface area contributed by atoms with E-state index in [1.807, 2.05) is 24.3 Å². The van der Waals surface area contributed by atoms with Crippen LogP contribution in [0.15, 0.2) is 24.3 Å². The summed E-state index contributed by atoms with van der Waals surface area (Å²) >= 11 is 0. The molecule has 0 saturated carbocycles. The van der Waals surface area contributed by atoms with Gasteiger partial charge in [0.15, 0.2) is 0 Å². The first-order valence-electron chi connectivity index (χ1n) is 4.36. The van der Waals surface area contributed by atoms with Crippen LogP contribution in [0.3, 0.4) is 0 Å². The summed E-state index contributed by atoms with van der Waals surface area (Å²) in [5.74, 6) is 0. The molecular formula is C9H14NO3P. The minimum absolute atomic E-state index is 0.173. The van der Waals surface area contributed by atoms with Crippen molar-refractivity contribution in [3.63, 3.8) is 0 Å². The van der Waals surface area contributed by atoms with Crippen molar-refractivity contribution in [2.75, 3.05) is 6.54 Å². The summed E-state index contributed by atoms with van der Waals surface area (Å²) in [6.45, 7) is 0.771. The molecule has 0 amide bonds. The standard InChI is InChI=1S/C9H14NO3P/c10-5-4-8-2-1-3-9(6-8)7-13-14(11)12/h1-3,6,14H,4-5,7,10H2,(H,11,12). The summed E-state index contributed by atoms with van der Waals surface area (Å²) in [5, 5.41) is 0. The van der Waals surface area contributed by atoms with Gasteiger partial charge in [-0.15, -0.1) is 0 Å². The summed E-state index contributed by atoms with van der Waals surface area (Å²) in [6.07, 6.45) is 0.808. The maximum atomic E-state index is 10.3. The third-order valence-electron chi connectivity index (χ3n) is 1.79. The molecule has 1 aromatic rings. The molecule has 1 rings (SSSR count). The second-order valence-electron chi connectivity index (χ2n) is 2.91. The lowest BCUT2D eigenvalue weighted by atomic mass is 10.1. The van der Waals surface area contributed by atoms with Gasteiger partial charge in [-0.3, -0.25) is 4.57 Å². The van der Waals surface area contributed by atoms with Gasteiger partial charge in [0.25, 0.3) is 0 Å². The van der Waals surface area contributed by atoms with E-state index in [1.54, 1.807) is 0 Å². The number of hydrogen-bond donors (Lipinski definition) is 2. The van der Waals surface area contributed by atoms with Gasteiger partial charge in [-0.2, -0.15) is 0 Å². The monoisotopic (exact) mass is 215 g/mol. The molecule has 14 heavy (non-hydrogen) atoms. The quantitative estimate of drug-likeness (QED) is 0.721. The summed E-state index contributed by atoms with van der Waals surface area (Å²) in [6, 6.07) is 7.64. The maximum Gasteiger partial charge on any atom is 0.316 e. The number of nitrogens with two attached hydrogens (primary N) is 1. The van der Waals surface area contributed by atoms with Crippen LogP contribution in [0.2, 0.25) is 0 Å². The first-order chi connectivity index (χ1) is 6.72. The van der Waals surface area contributed by atoms with Gasteiger partial charge in [0, 0.05) is 0 Å².